The zero-order chi connectivity index (χ0) is 4.28. The van der Waals surface area contributed by atoms with Crippen LogP contribution in [0.1, 0.15) is 0 Å². The fourth-order valence-corrected chi connectivity index (χ4v) is 0. The van der Waals surface area contributed by atoms with E-state index in [-0.39, 0.29) is 4.84 Å². The third-order valence-corrected chi connectivity index (χ3v) is 2.78. The summed E-state index contributed by atoms with van der Waals surface area (Å²) in [5.41, 5.74) is 0. The van der Waals surface area contributed by atoms with Gasteiger partial charge in [-0.1, -0.05) is 5.28 Å². The highest BCUT2D eigenvalue weighted by atomic mass is 35.5. The molecule has 0 spiro atoms. The monoisotopic (exact) mass is 126 g/mol. The van der Waals surface area contributed by atoms with Gasteiger partial charge in [0.2, 0.25) is 16.3 Å². The van der Waals surface area contributed by atoms with E-state index < -0.39 is 0 Å². The Kier molecular flexibility index (Phi) is 4.04. The van der Waals surface area contributed by atoms with Gasteiger partial charge in [-0.3, -0.25) is 0 Å². The molecule has 0 aromatic heterocycles. The molecule has 0 radical (unpaired) electrons. The van der Waals surface area contributed by atoms with Crippen molar-refractivity contribution < 1.29 is 0 Å². The molecule has 0 aliphatic carbocycles. The van der Waals surface area contributed by atoms with Gasteiger partial charge < -0.3 is 0 Å². The molecule has 0 unspecified atom stereocenters. The predicted molar refractivity (Wildman–Crippen MR) is 28.8 cm³/mol. The van der Waals surface area contributed by atoms with E-state index in [4.69, 9.17) is 23.2 Å². The van der Waals surface area contributed by atoms with Crippen LogP contribution in [0, 0.1) is 0 Å². The third-order valence-electron chi connectivity index (χ3n) is 0.309. The molecule has 0 fully saturated rings. The summed E-state index contributed by atoms with van der Waals surface area (Å²) in [4.78, 5) is -0.110. The van der Waals surface area contributed by atoms with Gasteiger partial charge >= 0.3 is 0 Å². The SMILES string of the molecule is [AlH2][CH2]C(Cl)Cl. The van der Waals surface area contributed by atoms with Crippen LogP contribution in [0.4, 0.5) is 0 Å². The zero-order valence-electron chi connectivity index (χ0n) is 3.04. The Labute approximate surface area is 49.9 Å². The van der Waals surface area contributed by atoms with Crippen molar-refractivity contribution in [1.82, 2.24) is 0 Å². The lowest BCUT2D eigenvalue weighted by Crippen LogP contribution is -1.79. The van der Waals surface area contributed by atoms with E-state index in [2.05, 4.69) is 0 Å². The lowest BCUT2D eigenvalue weighted by Gasteiger charge is -1.84. The van der Waals surface area contributed by atoms with Gasteiger partial charge in [-0.15, -0.1) is 23.2 Å². The van der Waals surface area contributed by atoms with Crippen LogP contribution in [0.15, 0.2) is 0 Å². The number of rotatable bonds is 1. The maximum absolute atomic E-state index is 5.26. The van der Waals surface area contributed by atoms with Crippen LogP contribution < -0.4 is 0 Å². The van der Waals surface area contributed by atoms with Gasteiger partial charge in [0.25, 0.3) is 0 Å². The van der Waals surface area contributed by atoms with Crippen LogP contribution in [0.25, 0.3) is 0 Å². The highest BCUT2D eigenvalue weighted by Crippen LogP contribution is 2.02. The Hall–Kier alpha value is 1.11. The lowest BCUT2D eigenvalue weighted by atomic mass is 10.9. The van der Waals surface area contributed by atoms with Crippen LogP contribution in [-0.4, -0.2) is 21.1 Å². The quantitative estimate of drug-likeness (QED) is 0.361. The topological polar surface area (TPSA) is 0 Å². The Morgan fingerprint density at radius 3 is 1.80 bits per heavy atom. The summed E-state index contributed by atoms with van der Waals surface area (Å²) < 4.78 is 0. The standard InChI is InChI=1S/C2H3Cl2.Al.2H/c1-2(3)4;;;/h2H,1H2;;;. The molecule has 0 saturated carbocycles. The highest BCUT2D eigenvalue weighted by molar-refractivity contribution is 6.46. The maximum atomic E-state index is 5.26. The predicted octanol–water partition coefficient (Wildman–Crippen LogP) is 0.841. The molecule has 0 N–H and O–H groups in total. The summed E-state index contributed by atoms with van der Waals surface area (Å²) in [6.45, 7) is 0. The zero-order valence-corrected chi connectivity index (χ0v) is 6.55. The summed E-state index contributed by atoms with van der Waals surface area (Å²) in [6.07, 6.45) is 0. The molecule has 0 aromatic carbocycles. The molecule has 0 aromatic rings. The van der Waals surface area contributed by atoms with Crippen molar-refractivity contribution in [2.24, 2.45) is 0 Å². The van der Waals surface area contributed by atoms with E-state index in [0.29, 0.717) is 0 Å². The molecular formula is C2H5AlCl2. The van der Waals surface area contributed by atoms with Crippen molar-refractivity contribution in [3.8, 4) is 0 Å². The fraction of sp³-hybridized carbons (Fsp3) is 1.00. The summed E-state index contributed by atoms with van der Waals surface area (Å²) in [6, 6.07) is 0. The van der Waals surface area contributed by atoms with E-state index in [1.807, 2.05) is 0 Å². The normalized spacial score (nSPS) is 9.40. The molecule has 0 saturated heterocycles. The van der Waals surface area contributed by atoms with Crippen molar-refractivity contribution >= 4 is 39.5 Å². The number of alkyl halides is 2. The summed E-state index contributed by atoms with van der Waals surface area (Å²) in [5, 5.41) is 0.975. The molecule has 0 rings (SSSR count). The first-order valence-corrected chi connectivity index (χ1v) is 3.84. The van der Waals surface area contributed by atoms with Crippen molar-refractivity contribution in [3.63, 3.8) is 0 Å². The molecule has 0 aliphatic heterocycles. The van der Waals surface area contributed by atoms with Gasteiger partial charge in [0.15, 0.2) is 0 Å². The van der Waals surface area contributed by atoms with E-state index in [1.165, 1.54) is 0 Å². The molecule has 3 heteroatoms. The second-order valence-electron chi connectivity index (χ2n) is 0.799. The number of hydrogen-bond acceptors (Lipinski definition) is 0. The van der Waals surface area contributed by atoms with Gasteiger partial charge in [0, 0.05) is 0 Å². The first kappa shape index (κ1) is 6.11. The van der Waals surface area contributed by atoms with Gasteiger partial charge in [0.05, 0.1) is 4.84 Å². The van der Waals surface area contributed by atoms with Gasteiger partial charge in [0.1, 0.15) is 0 Å². The highest BCUT2D eigenvalue weighted by Gasteiger charge is 1.86. The van der Waals surface area contributed by atoms with Crippen molar-refractivity contribution in [1.29, 1.82) is 0 Å². The van der Waals surface area contributed by atoms with Crippen LogP contribution in [0.2, 0.25) is 5.28 Å². The van der Waals surface area contributed by atoms with Crippen molar-refractivity contribution in [2.75, 3.05) is 0 Å². The number of hydrogen-bond donors (Lipinski definition) is 0. The maximum Gasteiger partial charge on any atom is 0.216 e. The minimum Gasteiger partial charge on any atom is -0.107 e. The molecular weight excluding hydrogens is 122 g/mol. The first-order valence-electron chi connectivity index (χ1n) is 1.55. The molecule has 0 heterocycles. The summed E-state index contributed by atoms with van der Waals surface area (Å²) in [5.74, 6) is 0. The Morgan fingerprint density at radius 1 is 1.60 bits per heavy atom. The molecule has 5 heavy (non-hydrogen) atoms. The van der Waals surface area contributed by atoms with E-state index in [9.17, 15) is 0 Å². The second-order valence-corrected chi connectivity index (χ2v) is 2.89. The van der Waals surface area contributed by atoms with E-state index in [0.717, 1.165) is 21.6 Å². The van der Waals surface area contributed by atoms with Crippen LogP contribution in [0.5, 0.6) is 0 Å². The van der Waals surface area contributed by atoms with Crippen molar-refractivity contribution in [3.05, 3.63) is 0 Å². The molecule has 0 aliphatic rings. The van der Waals surface area contributed by atoms with Gasteiger partial charge in [-0.25, -0.2) is 0 Å². The average Bonchev–Trinajstić information content (AvgIpc) is 1.38. The number of halogens is 2. The fourth-order valence-electron chi connectivity index (χ4n) is 0. The third kappa shape index (κ3) is 5.11. The van der Waals surface area contributed by atoms with Crippen LogP contribution >= 0.6 is 23.2 Å². The minimum absolute atomic E-state index is 0.110. The summed E-state index contributed by atoms with van der Waals surface area (Å²) >= 11 is 11.6. The molecule has 0 nitrogen and oxygen atoms in total. The van der Waals surface area contributed by atoms with Gasteiger partial charge in [-0.05, 0) is 0 Å². The van der Waals surface area contributed by atoms with Gasteiger partial charge in [-0.2, -0.15) is 0 Å². The smallest absolute Gasteiger partial charge is 0.107 e. The van der Waals surface area contributed by atoms with E-state index in [1.54, 1.807) is 0 Å². The Bertz CT molecular complexity index is 21.6. The Morgan fingerprint density at radius 2 is 1.80 bits per heavy atom. The first-order chi connectivity index (χ1) is 2.27. The van der Waals surface area contributed by atoms with E-state index >= 15 is 0 Å². The lowest BCUT2D eigenvalue weighted by molar-refractivity contribution is 1.37. The molecule has 0 amide bonds. The largest absolute Gasteiger partial charge is 0.216 e. The van der Waals surface area contributed by atoms with Crippen LogP contribution in [0.3, 0.4) is 0 Å². The Balaban J connectivity index is 2.54. The molecule has 0 atom stereocenters. The van der Waals surface area contributed by atoms with Crippen molar-refractivity contribution in [2.45, 2.75) is 10.1 Å². The molecule has 30 valence electrons. The minimum atomic E-state index is -0.110. The second kappa shape index (κ2) is 3.31. The molecule has 0 bridgehead atoms. The average molecular weight is 127 g/mol. The summed E-state index contributed by atoms with van der Waals surface area (Å²) in [7, 11) is 0. The van der Waals surface area contributed by atoms with Crippen LogP contribution in [-0.2, 0) is 0 Å².